The lowest BCUT2D eigenvalue weighted by Gasteiger charge is -2.24. The van der Waals surface area contributed by atoms with Crippen LogP contribution in [0.15, 0.2) is 54.1 Å². The maximum Gasteiger partial charge on any atom is 0.232 e. The van der Waals surface area contributed by atoms with Crippen LogP contribution in [0, 0.1) is 11.7 Å². The van der Waals surface area contributed by atoms with E-state index in [0.29, 0.717) is 22.8 Å². The molecule has 0 aromatic heterocycles. The Kier molecular flexibility index (Phi) is 7.44. The van der Waals surface area contributed by atoms with Crippen molar-refractivity contribution >= 4 is 15.8 Å². The predicted octanol–water partition coefficient (Wildman–Crippen LogP) is 3.70. The summed E-state index contributed by atoms with van der Waals surface area (Å²) in [5, 5.41) is 3.06. The van der Waals surface area contributed by atoms with E-state index in [4.69, 9.17) is 4.74 Å². The first kappa shape index (κ1) is 21.8. The van der Waals surface area contributed by atoms with Crippen LogP contribution in [0.25, 0.3) is 5.76 Å². The van der Waals surface area contributed by atoms with E-state index in [1.54, 1.807) is 32.2 Å². The highest BCUT2D eigenvalue weighted by molar-refractivity contribution is 7.88. The maximum absolute atomic E-state index is 13.0. The van der Waals surface area contributed by atoms with Crippen molar-refractivity contribution in [1.82, 2.24) is 9.62 Å². The molecule has 1 N–H and O–H groups in total. The summed E-state index contributed by atoms with van der Waals surface area (Å²) < 4.78 is 44.0. The molecule has 0 saturated heterocycles. The van der Waals surface area contributed by atoms with Gasteiger partial charge >= 0.3 is 0 Å². The van der Waals surface area contributed by atoms with Crippen LogP contribution in [0.3, 0.4) is 0 Å². The Morgan fingerprint density at radius 2 is 1.85 bits per heavy atom. The lowest BCUT2D eigenvalue weighted by molar-refractivity contribution is 0.383. The third kappa shape index (κ3) is 5.91. The molecule has 0 fully saturated rings. The average molecular weight is 383 g/mol. The van der Waals surface area contributed by atoms with E-state index in [-0.39, 0.29) is 11.7 Å². The number of allylic oxidation sites excluding steroid dienone is 3. The molecule has 0 radical (unpaired) electrons. The standard InChI is InChI=1S/C19H27FN2O3S/c1-13(2)19(21-5)18(22(6)26(7,23)24)12-14(3)25-15(4)16-8-10-17(20)11-9-16/h8-13,21H,4H2,1-3,5-7H3/b14-12+,19-18+. The first-order valence-corrected chi connectivity index (χ1v) is 9.99. The third-order valence-corrected chi connectivity index (χ3v) is 4.94. The number of halogens is 1. The SMILES string of the molecule is C=C(O/C(C)=C/C(=C(\NC)C(C)C)N(C)S(C)(=O)=O)c1ccc(F)cc1. The van der Waals surface area contributed by atoms with Crippen molar-refractivity contribution in [2.24, 2.45) is 5.92 Å². The van der Waals surface area contributed by atoms with Gasteiger partial charge in [0.2, 0.25) is 10.0 Å². The van der Waals surface area contributed by atoms with Crippen molar-refractivity contribution in [3.05, 3.63) is 65.5 Å². The summed E-state index contributed by atoms with van der Waals surface area (Å²) in [5.41, 5.74) is 1.88. The molecule has 7 heteroatoms. The van der Waals surface area contributed by atoms with Gasteiger partial charge in [-0.3, -0.25) is 4.31 Å². The lowest BCUT2D eigenvalue weighted by atomic mass is 10.1. The van der Waals surface area contributed by atoms with Crippen molar-refractivity contribution in [3.63, 3.8) is 0 Å². The molecule has 0 spiro atoms. The smallest absolute Gasteiger partial charge is 0.232 e. The van der Waals surface area contributed by atoms with Crippen LogP contribution in [-0.4, -0.2) is 33.1 Å². The molecule has 0 atom stereocenters. The lowest BCUT2D eigenvalue weighted by Crippen LogP contribution is -2.29. The molecule has 0 unspecified atom stereocenters. The Hall–Kier alpha value is -2.28. The zero-order valence-electron chi connectivity index (χ0n) is 16.1. The topological polar surface area (TPSA) is 58.6 Å². The van der Waals surface area contributed by atoms with Crippen molar-refractivity contribution in [2.45, 2.75) is 20.8 Å². The van der Waals surface area contributed by atoms with Gasteiger partial charge in [0.05, 0.1) is 12.0 Å². The van der Waals surface area contributed by atoms with Crippen LogP contribution in [0.4, 0.5) is 4.39 Å². The maximum atomic E-state index is 13.0. The first-order chi connectivity index (χ1) is 12.0. The van der Waals surface area contributed by atoms with E-state index in [9.17, 15) is 12.8 Å². The molecule has 0 saturated carbocycles. The highest BCUT2D eigenvalue weighted by Gasteiger charge is 2.19. The molecule has 26 heavy (non-hydrogen) atoms. The summed E-state index contributed by atoms with van der Waals surface area (Å²) in [7, 11) is -0.218. The van der Waals surface area contributed by atoms with Crippen LogP contribution >= 0.6 is 0 Å². The van der Waals surface area contributed by atoms with Crippen molar-refractivity contribution in [3.8, 4) is 0 Å². The number of rotatable bonds is 8. The van der Waals surface area contributed by atoms with Gasteiger partial charge in [0, 0.05) is 31.4 Å². The van der Waals surface area contributed by atoms with Crippen molar-refractivity contribution < 1.29 is 17.5 Å². The summed E-state index contributed by atoms with van der Waals surface area (Å²) in [4.78, 5) is 0. The van der Waals surface area contributed by atoms with Gasteiger partial charge in [-0.2, -0.15) is 0 Å². The summed E-state index contributed by atoms with van der Waals surface area (Å²) in [6, 6.07) is 5.78. The van der Waals surface area contributed by atoms with Gasteiger partial charge in [0.1, 0.15) is 17.3 Å². The van der Waals surface area contributed by atoms with Crippen LogP contribution in [0.5, 0.6) is 0 Å². The van der Waals surface area contributed by atoms with E-state index in [1.165, 1.54) is 23.5 Å². The van der Waals surface area contributed by atoms with Gasteiger partial charge in [0.15, 0.2) is 0 Å². The molecule has 144 valence electrons. The molecule has 1 aromatic carbocycles. The largest absolute Gasteiger partial charge is 0.462 e. The van der Waals surface area contributed by atoms with Crippen LogP contribution in [-0.2, 0) is 14.8 Å². The van der Waals surface area contributed by atoms with Crippen LogP contribution in [0.2, 0.25) is 0 Å². The Morgan fingerprint density at radius 3 is 2.27 bits per heavy atom. The van der Waals surface area contributed by atoms with Gasteiger partial charge in [-0.05, 0) is 37.1 Å². The van der Waals surface area contributed by atoms with E-state index < -0.39 is 10.0 Å². The van der Waals surface area contributed by atoms with Crippen molar-refractivity contribution in [1.29, 1.82) is 0 Å². The second-order valence-electron chi connectivity index (χ2n) is 6.22. The molecule has 0 aliphatic carbocycles. The summed E-state index contributed by atoms with van der Waals surface area (Å²) in [6.45, 7) is 9.48. The third-order valence-electron chi connectivity index (χ3n) is 3.75. The summed E-state index contributed by atoms with van der Waals surface area (Å²) in [5.74, 6) is 0.529. The summed E-state index contributed by atoms with van der Waals surface area (Å²) >= 11 is 0. The molecular formula is C19H27FN2O3S. The normalized spacial score (nSPS) is 13.3. The molecule has 1 rings (SSSR count). The van der Waals surface area contributed by atoms with Gasteiger partial charge in [-0.25, -0.2) is 12.8 Å². The molecule has 0 aliphatic rings. The fraction of sp³-hybridized carbons (Fsp3) is 0.368. The zero-order valence-corrected chi connectivity index (χ0v) is 16.9. The minimum atomic E-state index is -3.45. The Bertz CT molecular complexity index is 810. The Balaban J connectivity index is 3.23. The quantitative estimate of drug-likeness (QED) is 0.550. The molecule has 0 heterocycles. The average Bonchev–Trinajstić information content (AvgIpc) is 2.53. The molecular weight excluding hydrogens is 355 g/mol. The number of likely N-dealkylation sites (N-methyl/N-ethyl adjacent to an activating group) is 1. The number of benzene rings is 1. The highest BCUT2D eigenvalue weighted by atomic mass is 32.2. The number of nitrogens with one attached hydrogen (secondary N) is 1. The number of sulfonamides is 1. The fourth-order valence-corrected chi connectivity index (χ4v) is 2.85. The van der Waals surface area contributed by atoms with E-state index in [1.807, 2.05) is 13.8 Å². The van der Waals surface area contributed by atoms with Gasteiger partial charge in [-0.1, -0.05) is 20.4 Å². The number of nitrogens with zero attached hydrogens (tertiary/aromatic N) is 1. The fourth-order valence-electron chi connectivity index (χ4n) is 2.34. The molecule has 0 aliphatic heterocycles. The van der Waals surface area contributed by atoms with Crippen molar-refractivity contribution in [2.75, 3.05) is 20.4 Å². The second-order valence-corrected chi connectivity index (χ2v) is 8.23. The van der Waals surface area contributed by atoms with Gasteiger partial charge < -0.3 is 10.1 Å². The zero-order chi connectivity index (χ0) is 20.1. The minimum Gasteiger partial charge on any atom is -0.462 e. The van der Waals surface area contributed by atoms with Crippen LogP contribution < -0.4 is 5.32 Å². The predicted molar refractivity (Wildman–Crippen MR) is 104 cm³/mol. The monoisotopic (exact) mass is 382 g/mol. The number of hydrogen-bond acceptors (Lipinski definition) is 4. The van der Waals surface area contributed by atoms with E-state index in [0.717, 1.165) is 12.0 Å². The molecule has 1 aromatic rings. The van der Waals surface area contributed by atoms with E-state index >= 15 is 0 Å². The highest BCUT2D eigenvalue weighted by Crippen LogP contribution is 2.23. The first-order valence-electron chi connectivity index (χ1n) is 8.14. The van der Waals surface area contributed by atoms with Crippen LogP contribution in [0.1, 0.15) is 26.3 Å². The molecule has 0 amide bonds. The van der Waals surface area contributed by atoms with E-state index in [2.05, 4.69) is 11.9 Å². The number of hydrogen-bond donors (Lipinski definition) is 1. The Morgan fingerprint density at radius 1 is 1.31 bits per heavy atom. The summed E-state index contributed by atoms with van der Waals surface area (Å²) in [6.07, 6.45) is 2.78. The number of ether oxygens (including phenoxy) is 1. The Labute approximate surface area is 155 Å². The minimum absolute atomic E-state index is 0.0727. The van der Waals surface area contributed by atoms with Gasteiger partial charge in [-0.15, -0.1) is 0 Å². The second kappa shape index (κ2) is 8.89. The van der Waals surface area contributed by atoms with Gasteiger partial charge in [0.25, 0.3) is 0 Å². The molecule has 0 bridgehead atoms. The molecule has 5 nitrogen and oxygen atoms in total.